The van der Waals surface area contributed by atoms with Crippen molar-refractivity contribution in [3.63, 3.8) is 0 Å². The van der Waals surface area contributed by atoms with Crippen molar-refractivity contribution >= 4 is 11.3 Å². The summed E-state index contributed by atoms with van der Waals surface area (Å²) in [5, 5.41) is 9.62. The number of benzene rings is 1. The van der Waals surface area contributed by atoms with E-state index in [0.717, 1.165) is 28.4 Å². The third-order valence-corrected chi connectivity index (χ3v) is 3.82. The van der Waals surface area contributed by atoms with E-state index >= 15 is 0 Å². The summed E-state index contributed by atoms with van der Waals surface area (Å²) in [5.74, 6) is 0.889. The topological polar surface area (TPSA) is 45.9 Å². The average Bonchev–Trinajstić information content (AvgIpc) is 2.66. The number of ether oxygens (including phenoxy) is 1. The summed E-state index contributed by atoms with van der Waals surface area (Å²) in [6.07, 6.45) is 1.26. The molecule has 1 aromatic carbocycles. The first kappa shape index (κ1) is 10.3. The minimum Gasteiger partial charge on any atom is -0.493 e. The molecule has 0 spiro atoms. The van der Waals surface area contributed by atoms with Crippen LogP contribution in [0.5, 0.6) is 5.75 Å². The highest BCUT2D eigenvalue weighted by molar-refractivity contribution is 7.12. The van der Waals surface area contributed by atoms with E-state index in [1.54, 1.807) is 11.3 Å². The average molecular weight is 242 g/mol. The van der Waals surface area contributed by atoms with Crippen molar-refractivity contribution in [3.05, 3.63) is 34.2 Å². The molecule has 3 nitrogen and oxygen atoms in total. The number of para-hydroxylation sites is 1. The quantitative estimate of drug-likeness (QED) is 0.772. The molecule has 0 radical (unpaired) electrons. The summed E-state index contributed by atoms with van der Waals surface area (Å²) in [6.45, 7) is 0.679. The fourth-order valence-electron chi connectivity index (χ4n) is 1.97. The van der Waals surface area contributed by atoms with Crippen LogP contribution in [0.3, 0.4) is 0 Å². The lowest BCUT2D eigenvalue weighted by molar-refractivity contribution is 0.327. The molecule has 17 heavy (non-hydrogen) atoms. The monoisotopic (exact) mass is 242 g/mol. The van der Waals surface area contributed by atoms with Gasteiger partial charge in [0.2, 0.25) is 0 Å². The minimum absolute atomic E-state index is 0.390. The summed E-state index contributed by atoms with van der Waals surface area (Å²) in [7, 11) is 0. The molecule has 84 valence electrons. The zero-order valence-electron chi connectivity index (χ0n) is 9.14. The first-order valence-electron chi connectivity index (χ1n) is 5.46. The SMILES string of the molecule is N#CCc1nc2c(s1)CCOc1ccccc1-2. The van der Waals surface area contributed by atoms with Crippen LogP contribution in [0.4, 0.5) is 0 Å². The summed E-state index contributed by atoms with van der Waals surface area (Å²) in [5.41, 5.74) is 2.04. The van der Waals surface area contributed by atoms with Crippen LogP contribution in [-0.2, 0) is 12.8 Å². The van der Waals surface area contributed by atoms with Gasteiger partial charge in [0, 0.05) is 16.9 Å². The number of nitrogens with zero attached hydrogens (tertiary/aromatic N) is 2. The smallest absolute Gasteiger partial charge is 0.128 e. The molecule has 0 bridgehead atoms. The lowest BCUT2D eigenvalue weighted by Crippen LogP contribution is -1.97. The Hall–Kier alpha value is -1.86. The van der Waals surface area contributed by atoms with E-state index in [-0.39, 0.29) is 0 Å². The van der Waals surface area contributed by atoms with Crippen LogP contribution >= 0.6 is 11.3 Å². The number of aromatic nitrogens is 1. The summed E-state index contributed by atoms with van der Waals surface area (Å²) in [6, 6.07) is 10.1. The Morgan fingerprint density at radius 2 is 2.29 bits per heavy atom. The van der Waals surface area contributed by atoms with E-state index in [9.17, 15) is 0 Å². The highest BCUT2D eigenvalue weighted by Gasteiger charge is 2.19. The third kappa shape index (κ3) is 1.79. The molecular weight excluding hydrogens is 232 g/mol. The molecule has 0 atom stereocenters. The highest BCUT2D eigenvalue weighted by Crippen LogP contribution is 2.37. The summed E-state index contributed by atoms with van der Waals surface area (Å²) < 4.78 is 5.69. The normalized spacial score (nSPS) is 12.9. The Morgan fingerprint density at radius 3 is 3.18 bits per heavy atom. The lowest BCUT2D eigenvalue weighted by atomic mass is 10.1. The van der Waals surface area contributed by atoms with Gasteiger partial charge in [0.15, 0.2) is 0 Å². The molecule has 0 amide bonds. The van der Waals surface area contributed by atoms with Crippen LogP contribution < -0.4 is 4.74 Å². The van der Waals surface area contributed by atoms with Crippen molar-refractivity contribution in [2.24, 2.45) is 0 Å². The van der Waals surface area contributed by atoms with E-state index in [0.29, 0.717) is 13.0 Å². The van der Waals surface area contributed by atoms with Crippen molar-refractivity contribution in [1.29, 1.82) is 5.26 Å². The first-order valence-corrected chi connectivity index (χ1v) is 6.28. The fourth-order valence-corrected chi connectivity index (χ4v) is 2.96. The second-order valence-electron chi connectivity index (χ2n) is 3.81. The maximum Gasteiger partial charge on any atom is 0.128 e. The van der Waals surface area contributed by atoms with Crippen LogP contribution in [-0.4, -0.2) is 11.6 Å². The maximum absolute atomic E-state index is 8.72. The van der Waals surface area contributed by atoms with Crippen molar-refractivity contribution in [2.75, 3.05) is 6.61 Å². The van der Waals surface area contributed by atoms with Crippen LogP contribution in [0.1, 0.15) is 9.88 Å². The largest absolute Gasteiger partial charge is 0.493 e. The van der Waals surface area contributed by atoms with Crippen LogP contribution in [0.25, 0.3) is 11.3 Å². The number of fused-ring (bicyclic) bond motifs is 3. The van der Waals surface area contributed by atoms with Crippen LogP contribution in [0, 0.1) is 11.3 Å². The van der Waals surface area contributed by atoms with E-state index in [2.05, 4.69) is 11.1 Å². The zero-order valence-corrected chi connectivity index (χ0v) is 9.96. The molecule has 1 aromatic heterocycles. The van der Waals surface area contributed by atoms with Gasteiger partial charge in [-0.2, -0.15) is 5.26 Å². The van der Waals surface area contributed by atoms with Gasteiger partial charge in [-0.05, 0) is 12.1 Å². The molecule has 0 fully saturated rings. The lowest BCUT2D eigenvalue weighted by Gasteiger charge is -2.05. The van der Waals surface area contributed by atoms with Crippen molar-refractivity contribution in [2.45, 2.75) is 12.8 Å². The van der Waals surface area contributed by atoms with Gasteiger partial charge < -0.3 is 4.74 Å². The molecule has 1 aliphatic rings. The molecule has 0 N–H and O–H groups in total. The van der Waals surface area contributed by atoms with Crippen molar-refractivity contribution < 1.29 is 4.74 Å². The summed E-state index contributed by atoms with van der Waals surface area (Å²) in [4.78, 5) is 5.78. The maximum atomic E-state index is 8.72. The van der Waals surface area contributed by atoms with Gasteiger partial charge >= 0.3 is 0 Å². The predicted molar refractivity (Wildman–Crippen MR) is 66.1 cm³/mol. The highest BCUT2D eigenvalue weighted by atomic mass is 32.1. The van der Waals surface area contributed by atoms with Gasteiger partial charge in [-0.25, -0.2) is 4.98 Å². The third-order valence-electron chi connectivity index (χ3n) is 2.70. The first-order chi connectivity index (χ1) is 8.38. The molecule has 2 heterocycles. The van der Waals surface area contributed by atoms with Gasteiger partial charge in [0.25, 0.3) is 0 Å². The molecule has 3 rings (SSSR count). The number of rotatable bonds is 1. The van der Waals surface area contributed by atoms with Gasteiger partial charge in [0.05, 0.1) is 24.8 Å². The van der Waals surface area contributed by atoms with E-state index in [1.165, 1.54) is 4.88 Å². The van der Waals surface area contributed by atoms with E-state index in [4.69, 9.17) is 10.00 Å². The van der Waals surface area contributed by atoms with E-state index < -0.39 is 0 Å². The molecule has 0 unspecified atom stereocenters. The molecular formula is C13H10N2OS. The molecule has 0 saturated carbocycles. The number of nitriles is 1. The van der Waals surface area contributed by atoms with Gasteiger partial charge in [-0.1, -0.05) is 12.1 Å². The Kier molecular flexibility index (Phi) is 2.54. The molecule has 4 heteroatoms. The Morgan fingerprint density at radius 1 is 1.41 bits per heavy atom. The van der Waals surface area contributed by atoms with Gasteiger partial charge in [0.1, 0.15) is 10.8 Å². The summed E-state index contributed by atoms with van der Waals surface area (Å²) >= 11 is 1.62. The number of hydrogen-bond acceptors (Lipinski definition) is 4. The second-order valence-corrected chi connectivity index (χ2v) is 4.98. The molecule has 1 aliphatic heterocycles. The minimum atomic E-state index is 0.390. The Labute approximate surface area is 103 Å². The van der Waals surface area contributed by atoms with Crippen LogP contribution in [0.2, 0.25) is 0 Å². The van der Waals surface area contributed by atoms with Gasteiger partial charge in [-0.15, -0.1) is 11.3 Å². The van der Waals surface area contributed by atoms with E-state index in [1.807, 2.05) is 24.3 Å². The number of hydrogen-bond donors (Lipinski definition) is 0. The molecule has 0 saturated heterocycles. The van der Waals surface area contributed by atoms with Gasteiger partial charge in [-0.3, -0.25) is 0 Å². The zero-order chi connectivity index (χ0) is 11.7. The second kappa shape index (κ2) is 4.19. The van der Waals surface area contributed by atoms with Crippen molar-refractivity contribution in [1.82, 2.24) is 4.98 Å². The Balaban J connectivity index is 2.15. The molecule has 0 aliphatic carbocycles. The van der Waals surface area contributed by atoms with Crippen molar-refractivity contribution in [3.8, 4) is 23.1 Å². The van der Waals surface area contributed by atoms with Crippen LogP contribution in [0.15, 0.2) is 24.3 Å². The standard InChI is InChI=1S/C13H10N2OS/c14-7-5-12-15-13-9-3-1-2-4-10(9)16-8-6-11(13)17-12/h1-4H,5-6,8H2. The number of thiazole rings is 1. The Bertz CT molecular complexity index is 598. The molecule has 2 aromatic rings. The fraction of sp³-hybridized carbons (Fsp3) is 0.231. The predicted octanol–water partition coefficient (Wildman–Crippen LogP) is 2.81.